The van der Waals surface area contributed by atoms with E-state index in [1.165, 1.54) is 11.1 Å². The number of ether oxygens (including phenoxy) is 1. The summed E-state index contributed by atoms with van der Waals surface area (Å²) in [7, 11) is 0. The Kier molecular flexibility index (Phi) is 6.15. The zero-order chi connectivity index (χ0) is 15.3. The molecule has 1 heterocycles. The van der Waals surface area contributed by atoms with Crippen LogP contribution in [0.15, 0.2) is 24.3 Å². The van der Waals surface area contributed by atoms with E-state index in [-0.39, 0.29) is 11.5 Å². The summed E-state index contributed by atoms with van der Waals surface area (Å²) in [5, 5.41) is 3.68. The normalized spacial score (nSPS) is 21.2. The van der Waals surface area contributed by atoms with Gasteiger partial charge in [-0.1, -0.05) is 52.0 Å². The summed E-state index contributed by atoms with van der Waals surface area (Å²) in [6.45, 7) is 10.9. The van der Waals surface area contributed by atoms with E-state index in [4.69, 9.17) is 4.74 Å². The fourth-order valence-electron chi connectivity index (χ4n) is 2.65. The van der Waals surface area contributed by atoms with Gasteiger partial charge in [0.25, 0.3) is 0 Å². The molecule has 1 aromatic carbocycles. The van der Waals surface area contributed by atoms with E-state index in [0.717, 1.165) is 31.1 Å². The molecule has 0 bridgehead atoms. The van der Waals surface area contributed by atoms with Gasteiger partial charge >= 0.3 is 0 Å². The Morgan fingerprint density at radius 1 is 1.29 bits per heavy atom. The minimum Gasteiger partial charge on any atom is -0.375 e. The van der Waals surface area contributed by atoms with Crippen LogP contribution in [-0.4, -0.2) is 30.8 Å². The topological polar surface area (TPSA) is 21.3 Å². The molecule has 2 nitrogen and oxygen atoms in total. The van der Waals surface area contributed by atoms with E-state index >= 15 is 0 Å². The summed E-state index contributed by atoms with van der Waals surface area (Å²) < 4.78 is 6.01. The van der Waals surface area contributed by atoms with E-state index in [1.54, 1.807) is 0 Å². The SMILES string of the molecule is CCCNC(c1ccc(C(C)(C)C)cc1)C1CSCCO1. The van der Waals surface area contributed by atoms with Crippen LogP contribution < -0.4 is 5.32 Å². The van der Waals surface area contributed by atoms with E-state index in [2.05, 4.69) is 57.3 Å². The van der Waals surface area contributed by atoms with Gasteiger partial charge in [-0.15, -0.1) is 0 Å². The summed E-state index contributed by atoms with van der Waals surface area (Å²) in [6, 6.07) is 9.40. The van der Waals surface area contributed by atoms with Crippen LogP contribution in [0, 0.1) is 0 Å². The molecule has 1 aliphatic rings. The van der Waals surface area contributed by atoms with Crippen molar-refractivity contribution >= 4 is 11.8 Å². The van der Waals surface area contributed by atoms with Crippen molar-refractivity contribution in [2.24, 2.45) is 0 Å². The van der Waals surface area contributed by atoms with Crippen molar-refractivity contribution in [3.63, 3.8) is 0 Å². The van der Waals surface area contributed by atoms with Crippen molar-refractivity contribution in [2.75, 3.05) is 24.7 Å². The van der Waals surface area contributed by atoms with Gasteiger partial charge in [0.1, 0.15) is 0 Å². The lowest BCUT2D eigenvalue weighted by atomic mass is 9.86. The molecule has 1 aliphatic heterocycles. The highest BCUT2D eigenvalue weighted by Crippen LogP contribution is 2.28. The molecule has 1 N–H and O–H groups in total. The highest BCUT2D eigenvalue weighted by molar-refractivity contribution is 7.99. The molecule has 2 rings (SSSR count). The van der Waals surface area contributed by atoms with Crippen molar-refractivity contribution < 1.29 is 4.74 Å². The zero-order valence-electron chi connectivity index (χ0n) is 13.8. The van der Waals surface area contributed by atoms with Crippen LogP contribution in [0.3, 0.4) is 0 Å². The van der Waals surface area contributed by atoms with Crippen LogP contribution in [0.4, 0.5) is 0 Å². The van der Waals surface area contributed by atoms with Gasteiger partial charge in [0, 0.05) is 11.5 Å². The number of hydrogen-bond acceptors (Lipinski definition) is 3. The van der Waals surface area contributed by atoms with Gasteiger partial charge in [0.05, 0.1) is 18.8 Å². The molecular weight excluding hydrogens is 278 g/mol. The maximum Gasteiger partial charge on any atom is 0.0860 e. The molecule has 2 atom stereocenters. The van der Waals surface area contributed by atoms with Gasteiger partial charge < -0.3 is 10.1 Å². The number of benzene rings is 1. The van der Waals surface area contributed by atoms with Crippen molar-refractivity contribution in [2.45, 2.75) is 51.7 Å². The van der Waals surface area contributed by atoms with Crippen LogP contribution in [-0.2, 0) is 10.2 Å². The lowest BCUT2D eigenvalue weighted by molar-refractivity contribution is 0.0468. The van der Waals surface area contributed by atoms with Gasteiger partial charge in [-0.05, 0) is 29.5 Å². The average Bonchev–Trinajstić information content (AvgIpc) is 2.48. The highest BCUT2D eigenvalue weighted by Gasteiger charge is 2.26. The monoisotopic (exact) mass is 307 g/mol. The lowest BCUT2D eigenvalue weighted by Gasteiger charge is -2.31. The second-order valence-electron chi connectivity index (χ2n) is 6.79. The number of rotatable bonds is 5. The van der Waals surface area contributed by atoms with Crippen molar-refractivity contribution in [3.05, 3.63) is 35.4 Å². The van der Waals surface area contributed by atoms with Crippen molar-refractivity contribution in [1.82, 2.24) is 5.32 Å². The third-order valence-electron chi connectivity index (χ3n) is 3.96. The van der Waals surface area contributed by atoms with E-state index in [0.29, 0.717) is 6.04 Å². The summed E-state index contributed by atoms with van der Waals surface area (Å²) in [4.78, 5) is 0. The van der Waals surface area contributed by atoms with E-state index < -0.39 is 0 Å². The van der Waals surface area contributed by atoms with Crippen LogP contribution in [0.25, 0.3) is 0 Å². The third-order valence-corrected chi connectivity index (χ3v) is 4.98. The van der Waals surface area contributed by atoms with Crippen LogP contribution >= 0.6 is 11.8 Å². The first-order chi connectivity index (χ1) is 10.0. The van der Waals surface area contributed by atoms with Gasteiger partial charge in [-0.3, -0.25) is 0 Å². The number of hydrogen-bond donors (Lipinski definition) is 1. The molecule has 1 aromatic rings. The molecule has 118 valence electrons. The van der Waals surface area contributed by atoms with Crippen LogP contribution in [0.2, 0.25) is 0 Å². The largest absolute Gasteiger partial charge is 0.375 e. The molecule has 1 fully saturated rings. The quantitative estimate of drug-likeness (QED) is 0.882. The third kappa shape index (κ3) is 4.73. The molecule has 0 spiro atoms. The van der Waals surface area contributed by atoms with Gasteiger partial charge in [0.15, 0.2) is 0 Å². The molecule has 0 aliphatic carbocycles. The smallest absolute Gasteiger partial charge is 0.0860 e. The van der Waals surface area contributed by atoms with Gasteiger partial charge in [-0.2, -0.15) is 11.8 Å². The summed E-state index contributed by atoms with van der Waals surface area (Å²) in [5.74, 6) is 2.21. The molecule has 2 unspecified atom stereocenters. The standard InChI is InChI=1S/C18H29NOS/c1-5-10-19-17(16-13-21-12-11-20-16)14-6-8-15(9-7-14)18(2,3)4/h6-9,16-17,19H,5,10-13H2,1-4H3. The Balaban J connectivity index is 2.15. The summed E-state index contributed by atoms with van der Waals surface area (Å²) in [6.07, 6.45) is 1.44. The highest BCUT2D eigenvalue weighted by atomic mass is 32.2. The molecular formula is C18H29NOS. The molecule has 0 radical (unpaired) electrons. The Bertz CT molecular complexity index is 418. The second-order valence-corrected chi connectivity index (χ2v) is 7.94. The predicted molar refractivity (Wildman–Crippen MR) is 93.2 cm³/mol. The molecule has 21 heavy (non-hydrogen) atoms. The minimum absolute atomic E-state index is 0.210. The Labute approximate surface area is 134 Å². The molecule has 0 amide bonds. The molecule has 0 saturated carbocycles. The van der Waals surface area contributed by atoms with Crippen molar-refractivity contribution in [3.8, 4) is 0 Å². The fourth-order valence-corrected chi connectivity index (χ4v) is 3.55. The summed E-state index contributed by atoms with van der Waals surface area (Å²) >= 11 is 2.00. The average molecular weight is 308 g/mol. The summed E-state index contributed by atoms with van der Waals surface area (Å²) in [5.41, 5.74) is 2.95. The number of thioether (sulfide) groups is 1. The maximum absolute atomic E-state index is 6.01. The zero-order valence-corrected chi connectivity index (χ0v) is 14.6. The molecule has 1 saturated heterocycles. The van der Waals surface area contributed by atoms with Crippen molar-refractivity contribution in [1.29, 1.82) is 0 Å². The minimum atomic E-state index is 0.210. The first-order valence-corrected chi connectivity index (χ1v) is 9.21. The Hall–Kier alpha value is -0.510. The fraction of sp³-hybridized carbons (Fsp3) is 0.667. The predicted octanol–water partition coefficient (Wildman–Crippen LogP) is 4.16. The second kappa shape index (κ2) is 7.66. The Morgan fingerprint density at radius 2 is 2.00 bits per heavy atom. The van der Waals surface area contributed by atoms with Gasteiger partial charge in [-0.25, -0.2) is 0 Å². The molecule has 3 heteroatoms. The van der Waals surface area contributed by atoms with E-state index in [9.17, 15) is 0 Å². The molecule has 0 aromatic heterocycles. The first kappa shape index (κ1) is 16.9. The number of nitrogens with one attached hydrogen (secondary N) is 1. The Morgan fingerprint density at radius 3 is 2.52 bits per heavy atom. The maximum atomic E-state index is 6.01. The lowest BCUT2D eigenvalue weighted by Crippen LogP contribution is -2.38. The van der Waals surface area contributed by atoms with Gasteiger partial charge in [0.2, 0.25) is 0 Å². The first-order valence-electron chi connectivity index (χ1n) is 8.05. The van der Waals surface area contributed by atoms with E-state index in [1.807, 2.05) is 11.8 Å². The van der Waals surface area contributed by atoms with Crippen LogP contribution in [0.1, 0.15) is 51.3 Å². The van der Waals surface area contributed by atoms with Crippen LogP contribution in [0.5, 0.6) is 0 Å².